The summed E-state index contributed by atoms with van der Waals surface area (Å²) in [4.78, 5) is 2.41. The van der Waals surface area contributed by atoms with Gasteiger partial charge >= 0.3 is 0 Å². The van der Waals surface area contributed by atoms with E-state index in [4.69, 9.17) is 8.83 Å². The molecule has 3 heteroatoms. The van der Waals surface area contributed by atoms with Crippen LogP contribution in [0.25, 0.3) is 98.8 Å². The van der Waals surface area contributed by atoms with Gasteiger partial charge in [-0.05, 0) is 104 Å². The van der Waals surface area contributed by atoms with E-state index in [0.717, 1.165) is 88.8 Å². The van der Waals surface area contributed by atoms with Crippen LogP contribution in [0.5, 0.6) is 0 Å². The van der Waals surface area contributed by atoms with Gasteiger partial charge in [-0.15, -0.1) is 0 Å². The highest BCUT2D eigenvalue weighted by atomic mass is 16.3. The van der Waals surface area contributed by atoms with Gasteiger partial charge in [0.25, 0.3) is 0 Å². The lowest BCUT2D eigenvalue weighted by Gasteiger charge is -2.28. The molecule has 10 aromatic carbocycles. The SMILES string of the molecule is c1ccc(-c2cc(N(c3ccc(-c4ccc5ccc6ccccc6c5c4)cc3)c3ccc(-c4ccccc4)c4oc5ccccc5c34)c3c(c2)oc2ccccc23)cc1. The number of hydrogen-bond donors (Lipinski definition) is 0. The number of rotatable bonds is 6. The van der Waals surface area contributed by atoms with E-state index in [9.17, 15) is 0 Å². The fraction of sp³-hybridized carbons (Fsp3) is 0. The molecular weight excluding hydrogens is 719 g/mol. The van der Waals surface area contributed by atoms with Crippen molar-refractivity contribution in [3.8, 4) is 33.4 Å². The molecule has 0 aliphatic heterocycles. The summed E-state index contributed by atoms with van der Waals surface area (Å²) in [6.45, 7) is 0. The monoisotopic (exact) mass is 753 g/mol. The molecule has 0 saturated carbocycles. The first-order chi connectivity index (χ1) is 29.2. The summed E-state index contributed by atoms with van der Waals surface area (Å²) in [5.41, 5.74) is 13.1. The predicted octanol–water partition coefficient (Wildman–Crippen LogP) is 16.3. The van der Waals surface area contributed by atoms with Crippen molar-refractivity contribution in [3.63, 3.8) is 0 Å². The highest BCUT2D eigenvalue weighted by molar-refractivity contribution is 6.20. The van der Waals surface area contributed by atoms with Crippen molar-refractivity contribution in [2.75, 3.05) is 4.90 Å². The number of furan rings is 2. The average molecular weight is 754 g/mol. The largest absolute Gasteiger partial charge is 0.456 e. The first-order valence-corrected chi connectivity index (χ1v) is 20.1. The molecule has 12 aromatic rings. The van der Waals surface area contributed by atoms with E-state index in [0.29, 0.717) is 0 Å². The van der Waals surface area contributed by atoms with Crippen molar-refractivity contribution < 1.29 is 8.83 Å². The van der Waals surface area contributed by atoms with Crippen LogP contribution < -0.4 is 4.90 Å². The zero-order valence-electron chi connectivity index (χ0n) is 32.0. The normalized spacial score (nSPS) is 11.7. The Labute approximate surface area is 340 Å². The van der Waals surface area contributed by atoms with Gasteiger partial charge in [-0.3, -0.25) is 0 Å². The summed E-state index contributed by atoms with van der Waals surface area (Å²) in [5, 5.41) is 9.24. The maximum absolute atomic E-state index is 6.83. The van der Waals surface area contributed by atoms with Crippen LogP contribution in [-0.2, 0) is 0 Å². The van der Waals surface area contributed by atoms with Crippen molar-refractivity contribution >= 4 is 82.5 Å². The Bertz CT molecular complexity index is 3540. The number of hydrogen-bond acceptors (Lipinski definition) is 3. The lowest BCUT2D eigenvalue weighted by molar-refractivity contribution is 0.669. The fourth-order valence-corrected chi connectivity index (χ4v) is 9.04. The van der Waals surface area contributed by atoms with Crippen molar-refractivity contribution in [1.82, 2.24) is 0 Å². The summed E-state index contributed by atoms with van der Waals surface area (Å²) < 4.78 is 13.5. The minimum Gasteiger partial charge on any atom is -0.456 e. The fourth-order valence-electron chi connectivity index (χ4n) is 9.04. The van der Waals surface area contributed by atoms with E-state index in [1.54, 1.807) is 0 Å². The zero-order valence-corrected chi connectivity index (χ0v) is 32.0. The van der Waals surface area contributed by atoms with Crippen LogP contribution in [0.15, 0.2) is 221 Å². The number of fused-ring (bicyclic) bond motifs is 9. The molecule has 12 rings (SSSR count). The molecule has 0 bridgehead atoms. The van der Waals surface area contributed by atoms with Crippen molar-refractivity contribution in [2.45, 2.75) is 0 Å². The van der Waals surface area contributed by atoms with E-state index in [2.05, 4.69) is 205 Å². The van der Waals surface area contributed by atoms with Gasteiger partial charge in [-0.1, -0.05) is 158 Å². The second-order valence-corrected chi connectivity index (χ2v) is 15.2. The van der Waals surface area contributed by atoms with Crippen molar-refractivity contribution in [1.29, 1.82) is 0 Å². The predicted molar refractivity (Wildman–Crippen MR) is 247 cm³/mol. The van der Waals surface area contributed by atoms with Crippen LogP contribution >= 0.6 is 0 Å². The molecule has 0 atom stereocenters. The molecule has 0 radical (unpaired) electrons. The van der Waals surface area contributed by atoms with Crippen LogP contribution in [0, 0.1) is 0 Å². The first kappa shape index (κ1) is 33.3. The number of nitrogens with zero attached hydrogens (tertiary/aromatic N) is 1. The summed E-state index contributed by atoms with van der Waals surface area (Å²) >= 11 is 0. The van der Waals surface area contributed by atoms with Gasteiger partial charge in [-0.25, -0.2) is 0 Å². The maximum Gasteiger partial charge on any atom is 0.145 e. The van der Waals surface area contributed by atoms with Gasteiger partial charge in [0.2, 0.25) is 0 Å². The van der Waals surface area contributed by atoms with E-state index in [1.807, 2.05) is 12.1 Å². The van der Waals surface area contributed by atoms with Crippen LogP contribution in [0.1, 0.15) is 0 Å². The molecule has 3 nitrogen and oxygen atoms in total. The van der Waals surface area contributed by atoms with Gasteiger partial charge in [0, 0.05) is 22.0 Å². The molecule has 2 aromatic heterocycles. The summed E-state index contributed by atoms with van der Waals surface area (Å²) in [6, 6.07) is 75.7. The van der Waals surface area contributed by atoms with Crippen LogP contribution in [0.2, 0.25) is 0 Å². The van der Waals surface area contributed by atoms with E-state index in [1.165, 1.54) is 27.1 Å². The first-order valence-electron chi connectivity index (χ1n) is 20.1. The average Bonchev–Trinajstić information content (AvgIpc) is 3.89. The lowest BCUT2D eigenvalue weighted by atomic mass is 9.96. The van der Waals surface area contributed by atoms with E-state index in [-0.39, 0.29) is 0 Å². The second kappa shape index (κ2) is 13.4. The van der Waals surface area contributed by atoms with Crippen LogP contribution in [-0.4, -0.2) is 0 Å². The third kappa shape index (κ3) is 5.44. The summed E-state index contributed by atoms with van der Waals surface area (Å²) in [7, 11) is 0. The van der Waals surface area contributed by atoms with Crippen molar-refractivity contribution in [3.05, 3.63) is 212 Å². The van der Waals surface area contributed by atoms with Gasteiger partial charge in [0.15, 0.2) is 0 Å². The second-order valence-electron chi connectivity index (χ2n) is 15.2. The van der Waals surface area contributed by atoms with Crippen molar-refractivity contribution in [2.24, 2.45) is 0 Å². The summed E-state index contributed by atoms with van der Waals surface area (Å²) in [6.07, 6.45) is 0. The smallest absolute Gasteiger partial charge is 0.145 e. The third-order valence-electron chi connectivity index (χ3n) is 11.8. The Morgan fingerprint density at radius 3 is 1.64 bits per heavy atom. The molecule has 0 amide bonds. The molecule has 0 spiro atoms. The molecule has 0 N–H and O–H groups in total. The topological polar surface area (TPSA) is 29.5 Å². The quantitative estimate of drug-likeness (QED) is 0.158. The van der Waals surface area contributed by atoms with Crippen LogP contribution in [0.4, 0.5) is 17.1 Å². The maximum atomic E-state index is 6.83. The zero-order chi connectivity index (χ0) is 38.9. The number of anilines is 3. The van der Waals surface area contributed by atoms with Gasteiger partial charge < -0.3 is 13.7 Å². The standard InChI is InChI=1S/C56H35NO2/c1-3-13-36(14-4-1)42-34-50(54-46-19-9-11-21-51(46)58-53(54)35-42)57(49-32-31-45(38-15-5-2-6-16-38)56-55(49)47-20-10-12-22-52(47)59-56)43-29-27-37(28-30-43)41-26-25-40-24-23-39-17-7-8-18-44(39)48(40)33-41/h1-35H. The molecule has 0 aliphatic rings. The molecular formula is C56H35NO2. The Hall–Kier alpha value is -7.88. The molecule has 0 saturated heterocycles. The Balaban J connectivity index is 1.14. The number of benzene rings is 10. The Morgan fingerprint density at radius 2 is 0.881 bits per heavy atom. The molecule has 276 valence electrons. The molecule has 2 heterocycles. The minimum absolute atomic E-state index is 0.835. The van der Waals surface area contributed by atoms with Gasteiger partial charge in [0.1, 0.15) is 22.3 Å². The highest BCUT2D eigenvalue weighted by Gasteiger charge is 2.26. The molecule has 0 fully saturated rings. The van der Waals surface area contributed by atoms with E-state index >= 15 is 0 Å². The lowest BCUT2D eigenvalue weighted by Crippen LogP contribution is -2.11. The molecule has 59 heavy (non-hydrogen) atoms. The third-order valence-corrected chi connectivity index (χ3v) is 11.8. The van der Waals surface area contributed by atoms with E-state index < -0.39 is 0 Å². The highest BCUT2D eigenvalue weighted by Crippen LogP contribution is 2.50. The van der Waals surface area contributed by atoms with Gasteiger partial charge in [0.05, 0.1) is 22.1 Å². The molecule has 0 aliphatic carbocycles. The Morgan fingerprint density at radius 1 is 0.305 bits per heavy atom. The minimum atomic E-state index is 0.835. The number of para-hydroxylation sites is 2. The summed E-state index contributed by atoms with van der Waals surface area (Å²) in [5.74, 6) is 0. The molecule has 0 unspecified atom stereocenters. The Kier molecular flexibility index (Phi) is 7.54. The van der Waals surface area contributed by atoms with Gasteiger partial charge in [-0.2, -0.15) is 0 Å². The van der Waals surface area contributed by atoms with Crippen LogP contribution in [0.3, 0.4) is 0 Å².